The third-order valence-electron chi connectivity index (χ3n) is 3.23. The van der Waals surface area contributed by atoms with Crippen LogP contribution < -0.4 is 5.32 Å². The van der Waals surface area contributed by atoms with Crippen molar-refractivity contribution >= 4 is 5.69 Å². The van der Waals surface area contributed by atoms with Crippen LogP contribution in [0.4, 0.5) is 18.9 Å². The summed E-state index contributed by atoms with van der Waals surface area (Å²) in [4.78, 5) is 2.22. The first-order chi connectivity index (χ1) is 9.11. The van der Waals surface area contributed by atoms with Crippen molar-refractivity contribution in [3.05, 3.63) is 29.6 Å². The Morgan fingerprint density at radius 3 is 2.84 bits per heavy atom. The first-order valence-corrected chi connectivity index (χ1v) is 6.33. The van der Waals surface area contributed by atoms with Gasteiger partial charge in [0, 0.05) is 19.6 Å². The molecule has 6 heteroatoms. The van der Waals surface area contributed by atoms with E-state index in [2.05, 4.69) is 17.1 Å². The molecule has 1 aliphatic heterocycles. The lowest BCUT2D eigenvalue weighted by Gasteiger charge is -2.32. The van der Waals surface area contributed by atoms with E-state index in [1.54, 1.807) is 0 Å². The monoisotopic (exact) mass is 274 g/mol. The van der Waals surface area contributed by atoms with Gasteiger partial charge in [0.05, 0.1) is 18.4 Å². The molecule has 1 fully saturated rings. The first kappa shape index (κ1) is 14.1. The number of anilines is 1. The van der Waals surface area contributed by atoms with Gasteiger partial charge in [-0.1, -0.05) is 6.92 Å². The minimum absolute atomic E-state index is 0.0453. The Morgan fingerprint density at radius 1 is 1.32 bits per heavy atom. The van der Waals surface area contributed by atoms with Crippen LogP contribution in [0.25, 0.3) is 0 Å². The second-order valence-corrected chi connectivity index (χ2v) is 4.49. The number of ether oxygens (including phenoxy) is 1. The Kier molecular flexibility index (Phi) is 4.66. The summed E-state index contributed by atoms with van der Waals surface area (Å²) < 4.78 is 44.8. The second kappa shape index (κ2) is 6.25. The van der Waals surface area contributed by atoms with Crippen molar-refractivity contribution in [3.63, 3.8) is 0 Å². The molecule has 0 aliphatic carbocycles. The molecule has 1 aromatic rings. The molecular weight excluding hydrogens is 257 g/mol. The molecule has 3 nitrogen and oxygen atoms in total. The van der Waals surface area contributed by atoms with Gasteiger partial charge in [-0.15, -0.1) is 0 Å². The molecule has 2 rings (SSSR count). The van der Waals surface area contributed by atoms with Gasteiger partial charge in [-0.3, -0.25) is 4.90 Å². The number of rotatable bonds is 4. The summed E-state index contributed by atoms with van der Waals surface area (Å²) >= 11 is 0. The van der Waals surface area contributed by atoms with Gasteiger partial charge in [-0.25, -0.2) is 13.2 Å². The SMILES string of the molecule is CCN1CCOC(CNc2ccc(F)c(F)c2F)C1. The Hall–Kier alpha value is -1.27. The zero-order chi connectivity index (χ0) is 13.8. The first-order valence-electron chi connectivity index (χ1n) is 6.33. The van der Waals surface area contributed by atoms with Crippen LogP contribution in [-0.2, 0) is 4.74 Å². The lowest BCUT2D eigenvalue weighted by Crippen LogP contribution is -2.45. The number of nitrogens with zero attached hydrogens (tertiary/aromatic N) is 1. The quantitative estimate of drug-likeness (QED) is 0.852. The van der Waals surface area contributed by atoms with E-state index in [-0.39, 0.29) is 11.8 Å². The molecule has 1 unspecified atom stereocenters. The van der Waals surface area contributed by atoms with Gasteiger partial charge in [0.2, 0.25) is 0 Å². The van der Waals surface area contributed by atoms with Crippen molar-refractivity contribution in [2.75, 3.05) is 38.1 Å². The summed E-state index contributed by atoms with van der Waals surface area (Å²) in [5, 5.41) is 2.76. The normalized spacial score (nSPS) is 20.5. The molecule has 19 heavy (non-hydrogen) atoms. The minimum Gasteiger partial charge on any atom is -0.380 e. The van der Waals surface area contributed by atoms with Crippen LogP contribution >= 0.6 is 0 Å². The van der Waals surface area contributed by atoms with E-state index >= 15 is 0 Å². The topological polar surface area (TPSA) is 24.5 Å². The predicted octanol–water partition coefficient (Wildman–Crippen LogP) is 2.24. The van der Waals surface area contributed by atoms with Crippen molar-refractivity contribution in [2.24, 2.45) is 0 Å². The molecule has 0 amide bonds. The maximum atomic E-state index is 13.4. The Labute approximate surface area is 110 Å². The summed E-state index contributed by atoms with van der Waals surface area (Å²) in [7, 11) is 0. The van der Waals surface area contributed by atoms with Crippen molar-refractivity contribution in [2.45, 2.75) is 13.0 Å². The van der Waals surface area contributed by atoms with Gasteiger partial charge < -0.3 is 10.1 Å². The van der Waals surface area contributed by atoms with Crippen molar-refractivity contribution in [3.8, 4) is 0 Å². The second-order valence-electron chi connectivity index (χ2n) is 4.49. The number of morpholine rings is 1. The molecule has 1 heterocycles. The Bertz CT molecular complexity index is 442. The molecule has 1 aliphatic rings. The van der Waals surface area contributed by atoms with Crippen LogP contribution in [0.3, 0.4) is 0 Å². The lowest BCUT2D eigenvalue weighted by atomic mass is 10.2. The minimum atomic E-state index is -1.45. The van der Waals surface area contributed by atoms with Crippen molar-refractivity contribution in [1.29, 1.82) is 0 Å². The third-order valence-corrected chi connectivity index (χ3v) is 3.23. The van der Waals surface area contributed by atoms with Crippen molar-refractivity contribution in [1.82, 2.24) is 4.90 Å². The van der Waals surface area contributed by atoms with E-state index in [1.165, 1.54) is 6.07 Å². The largest absolute Gasteiger partial charge is 0.380 e. The third kappa shape index (κ3) is 3.39. The molecule has 1 saturated heterocycles. The highest BCUT2D eigenvalue weighted by Crippen LogP contribution is 2.19. The summed E-state index contributed by atoms with van der Waals surface area (Å²) in [6, 6.07) is 2.09. The van der Waals surface area contributed by atoms with Crippen LogP contribution in [-0.4, -0.2) is 43.8 Å². The number of hydrogen-bond acceptors (Lipinski definition) is 3. The van der Waals surface area contributed by atoms with E-state index in [9.17, 15) is 13.2 Å². The Balaban J connectivity index is 1.93. The molecule has 0 aromatic heterocycles. The van der Waals surface area contributed by atoms with Gasteiger partial charge in [0.15, 0.2) is 17.5 Å². The fourth-order valence-corrected chi connectivity index (χ4v) is 2.08. The van der Waals surface area contributed by atoms with Gasteiger partial charge in [0.1, 0.15) is 0 Å². The number of benzene rings is 1. The van der Waals surface area contributed by atoms with E-state index in [4.69, 9.17) is 4.74 Å². The number of halogens is 3. The highest BCUT2D eigenvalue weighted by molar-refractivity contribution is 5.45. The molecule has 1 aromatic carbocycles. The smallest absolute Gasteiger partial charge is 0.196 e. The van der Waals surface area contributed by atoms with E-state index in [1.807, 2.05) is 0 Å². The average molecular weight is 274 g/mol. The van der Waals surface area contributed by atoms with Crippen LogP contribution in [0.2, 0.25) is 0 Å². The predicted molar refractivity (Wildman–Crippen MR) is 66.7 cm³/mol. The molecule has 0 radical (unpaired) electrons. The Morgan fingerprint density at radius 2 is 2.11 bits per heavy atom. The summed E-state index contributed by atoms with van der Waals surface area (Å²) in [6.45, 7) is 5.60. The van der Waals surface area contributed by atoms with E-state index in [0.717, 1.165) is 25.7 Å². The lowest BCUT2D eigenvalue weighted by molar-refractivity contribution is -0.0192. The van der Waals surface area contributed by atoms with Gasteiger partial charge >= 0.3 is 0 Å². The standard InChI is InChI=1S/C13H17F3N2O/c1-2-18-5-6-19-9(8-18)7-17-11-4-3-10(14)12(15)13(11)16/h3-4,9,17H,2,5-8H2,1H3. The van der Waals surface area contributed by atoms with Crippen LogP contribution in [0.5, 0.6) is 0 Å². The maximum absolute atomic E-state index is 13.4. The van der Waals surface area contributed by atoms with Crippen LogP contribution in [0.15, 0.2) is 12.1 Å². The number of likely N-dealkylation sites (N-methyl/N-ethyl adjacent to an activating group) is 1. The number of nitrogens with one attached hydrogen (secondary N) is 1. The van der Waals surface area contributed by atoms with Crippen LogP contribution in [0, 0.1) is 17.5 Å². The highest BCUT2D eigenvalue weighted by Gasteiger charge is 2.20. The van der Waals surface area contributed by atoms with Crippen molar-refractivity contribution < 1.29 is 17.9 Å². The summed E-state index contributed by atoms with van der Waals surface area (Å²) in [5.41, 5.74) is -0.0453. The fourth-order valence-electron chi connectivity index (χ4n) is 2.08. The molecular formula is C13H17F3N2O. The maximum Gasteiger partial charge on any atom is 0.196 e. The number of hydrogen-bond donors (Lipinski definition) is 1. The summed E-state index contributed by atoms with van der Waals surface area (Å²) in [5.74, 6) is -3.83. The molecule has 0 bridgehead atoms. The zero-order valence-corrected chi connectivity index (χ0v) is 10.8. The van der Waals surface area contributed by atoms with Gasteiger partial charge in [-0.2, -0.15) is 0 Å². The highest BCUT2D eigenvalue weighted by atomic mass is 19.2. The summed E-state index contributed by atoms with van der Waals surface area (Å²) in [6.07, 6.45) is -0.0822. The molecule has 0 saturated carbocycles. The molecule has 106 valence electrons. The average Bonchev–Trinajstić information content (AvgIpc) is 2.44. The van der Waals surface area contributed by atoms with Gasteiger partial charge in [-0.05, 0) is 18.7 Å². The molecule has 1 N–H and O–H groups in total. The van der Waals surface area contributed by atoms with Gasteiger partial charge in [0.25, 0.3) is 0 Å². The fraction of sp³-hybridized carbons (Fsp3) is 0.538. The molecule has 0 spiro atoms. The molecule has 1 atom stereocenters. The van der Waals surface area contributed by atoms with E-state index < -0.39 is 17.5 Å². The zero-order valence-electron chi connectivity index (χ0n) is 10.8. The van der Waals surface area contributed by atoms with Crippen LogP contribution in [0.1, 0.15) is 6.92 Å². The van der Waals surface area contributed by atoms with E-state index in [0.29, 0.717) is 13.2 Å².